The Morgan fingerprint density at radius 1 is 1.69 bits per heavy atom. The average Bonchev–Trinajstić information content (AvgIpc) is 2.79. The van der Waals surface area contributed by atoms with Gasteiger partial charge in [-0.15, -0.1) is 0 Å². The molecule has 5 heteroatoms. The summed E-state index contributed by atoms with van der Waals surface area (Å²) in [6, 6.07) is 0.246. The van der Waals surface area contributed by atoms with Crippen molar-refractivity contribution in [3.8, 4) is 0 Å². The molecule has 5 nitrogen and oxygen atoms in total. The van der Waals surface area contributed by atoms with Gasteiger partial charge in [0, 0.05) is 20.3 Å². The molecule has 1 saturated carbocycles. The molecule has 0 radical (unpaired) electrons. The summed E-state index contributed by atoms with van der Waals surface area (Å²) in [5.74, 6) is 0.481. The second-order valence-electron chi connectivity index (χ2n) is 4.39. The van der Waals surface area contributed by atoms with Gasteiger partial charge in [0.1, 0.15) is 5.60 Å². The zero-order valence-corrected chi connectivity index (χ0v) is 10.0. The number of nitrogens with two attached hydrogens (primary N) is 1. The molecule has 2 fully saturated rings. The average molecular weight is 227 g/mol. The zero-order chi connectivity index (χ0) is 11.6. The summed E-state index contributed by atoms with van der Waals surface area (Å²) in [6.07, 6.45) is 3.31. The van der Waals surface area contributed by atoms with E-state index in [2.05, 4.69) is 10.3 Å². The summed E-state index contributed by atoms with van der Waals surface area (Å²) in [4.78, 5) is 3.92. The molecule has 16 heavy (non-hydrogen) atoms. The van der Waals surface area contributed by atoms with Crippen molar-refractivity contribution in [3.63, 3.8) is 0 Å². The van der Waals surface area contributed by atoms with Crippen LogP contribution in [0, 0.1) is 0 Å². The minimum Gasteiger partial charge on any atom is -0.375 e. The van der Waals surface area contributed by atoms with E-state index in [0.29, 0.717) is 5.96 Å². The largest absolute Gasteiger partial charge is 0.375 e. The predicted molar refractivity (Wildman–Crippen MR) is 62.4 cm³/mol. The van der Waals surface area contributed by atoms with Gasteiger partial charge in [0.15, 0.2) is 5.96 Å². The number of guanidine groups is 1. The normalized spacial score (nSPS) is 38.8. The van der Waals surface area contributed by atoms with Crippen LogP contribution in [0.4, 0.5) is 0 Å². The van der Waals surface area contributed by atoms with Crippen molar-refractivity contribution >= 4 is 5.96 Å². The van der Waals surface area contributed by atoms with Crippen LogP contribution < -0.4 is 11.1 Å². The fourth-order valence-electron chi connectivity index (χ4n) is 2.72. The lowest BCUT2D eigenvalue weighted by Gasteiger charge is -2.52. The van der Waals surface area contributed by atoms with Crippen molar-refractivity contribution in [2.24, 2.45) is 10.7 Å². The van der Waals surface area contributed by atoms with E-state index in [9.17, 15) is 0 Å². The lowest BCUT2D eigenvalue weighted by Crippen LogP contribution is -2.70. The highest BCUT2D eigenvalue weighted by Crippen LogP contribution is 2.45. The molecule has 1 aliphatic carbocycles. The van der Waals surface area contributed by atoms with Crippen LogP contribution in [0.3, 0.4) is 0 Å². The molecule has 3 atom stereocenters. The van der Waals surface area contributed by atoms with Crippen LogP contribution in [0.2, 0.25) is 0 Å². The van der Waals surface area contributed by atoms with Gasteiger partial charge in [-0.05, 0) is 26.2 Å². The Labute approximate surface area is 96.4 Å². The Morgan fingerprint density at radius 2 is 2.50 bits per heavy atom. The van der Waals surface area contributed by atoms with E-state index in [1.165, 1.54) is 0 Å². The molecule has 2 aliphatic rings. The number of rotatable bonds is 3. The van der Waals surface area contributed by atoms with Crippen molar-refractivity contribution in [1.29, 1.82) is 0 Å². The molecule has 0 amide bonds. The minimum absolute atomic E-state index is 0.161. The second-order valence-corrected chi connectivity index (χ2v) is 4.39. The molecule has 1 spiro atoms. The van der Waals surface area contributed by atoms with E-state index in [1.54, 1.807) is 7.05 Å². The highest BCUT2D eigenvalue weighted by atomic mass is 16.6. The summed E-state index contributed by atoms with van der Waals surface area (Å²) in [7, 11) is 1.68. The molecule has 3 N–H and O–H groups in total. The van der Waals surface area contributed by atoms with Crippen molar-refractivity contribution in [2.75, 3.05) is 20.3 Å². The van der Waals surface area contributed by atoms with Crippen molar-refractivity contribution in [3.05, 3.63) is 0 Å². The van der Waals surface area contributed by atoms with Gasteiger partial charge in [-0.2, -0.15) is 0 Å². The monoisotopic (exact) mass is 227 g/mol. The van der Waals surface area contributed by atoms with Gasteiger partial charge >= 0.3 is 0 Å². The maximum atomic E-state index is 5.90. The smallest absolute Gasteiger partial charge is 0.188 e. The van der Waals surface area contributed by atoms with Crippen LogP contribution in [0.5, 0.6) is 0 Å². The number of hydrogen-bond acceptors (Lipinski definition) is 3. The van der Waals surface area contributed by atoms with Gasteiger partial charge in [-0.3, -0.25) is 4.99 Å². The predicted octanol–water partition coefficient (Wildman–Crippen LogP) is 0.247. The van der Waals surface area contributed by atoms with Gasteiger partial charge in [-0.1, -0.05) is 0 Å². The molecular formula is C11H21N3O2. The van der Waals surface area contributed by atoms with E-state index < -0.39 is 0 Å². The first-order valence-electron chi connectivity index (χ1n) is 5.97. The lowest BCUT2D eigenvalue weighted by molar-refractivity contribution is -0.194. The SMILES string of the molecule is CCOC1CC(NC(N)=NC)C12CCCO2. The molecule has 1 heterocycles. The molecule has 2 rings (SSSR count). The summed E-state index contributed by atoms with van der Waals surface area (Å²) < 4.78 is 11.6. The van der Waals surface area contributed by atoms with E-state index in [-0.39, 0.29) is 17.7 Å². The van der Waals surface area contributed by atoms with E-state index in [1.807, 2.05) is 6.92 Å². The summed E-state index contributed by atoms with van der Waals surface area (Å²) in [5, 5.41) is 3.21. The van der Waals surface area contributed by atoms with Crippen LogP contribution in [-0.2, 0) is 9.47 Å². The summed E-state index contributed by atoms with van der Waals surface area (Å²) in [5.41, 5.74) is 5.53. The Kier molecular flexibility index (Phi) is 3.35. The zero-order valence-electron chi connectivity index (χ0n) is 10.0. The number of aliphatic imine (C=N–C) groups is 1. The fraction of sp³-hybridized carbons (Fsp3) is 0.909. The lowest BCUT2D eigenvalue weighted by atomic mass is 9.70. The van der Waals surface area contributed by atoms with Gasteiger partial charge in [0.05, 0.1) is 12.1 Å². The highest BCUT2D eigenvalue weighted by molar-refractivity contribution is 5.78. The van der Waals surface area contributed by atoms with Crippen LogP contribution in [0.1, 0.15) is 26.2 Å². The molecule has 0 aromatic carbocycles. The molecule has 1 saturated heterocycles. The summed E-state index contributed by atoms with van der Waals surface area (Å²) >= 11 is 0. The van der Waals surface area contributed by atoms with E-state index in [4.69, 9.17) is 15.2 Å². The van der Waals surface area contributed by atoms with Crippen LogP contribution >= 0.6 is 0 Å². The molecule has 0 bridgehead atoms. The van der Waals surface area contributed by atoms with Crippen molar-refractivity contribution in [2.45, 2.75) is 43.9 Å². The van der Waals surface area contributed by atoms with Gasteiger partial charge in [-0.25, -0.2) is 0 Å². The molecule has 3 unspecified atom stereocenters. The van der Waals surface area contributed by atoms with Gasteiger partial charge < -0.3 is 20.5 Å². The quantitative estimate of drug-likeness (QED) is 0.535. The Balaban J connectivity index is 2.00. The number of nitrogens with one attached hydrogen (secondary N) is 1. The fourth-order valence-corrected chi connectivity index (χ4v) is 2.72. The molecular weight excluding hydrogens is 206 g/mol. The first-order valence-corrected chi connectivity index (χ1v) is 5.97. The number of ether oxygens (including phenoxy) is 2. The first-order chi connectivity index (χ1) is 7.73. The highest BCUT2D eigenvalue weighted by Gasteiger charge is 2.58. The van der Waals surface area contributed by atoms with Gasteiger partial charge in [0.2, 0.25) is 0 Å². The van der Waals surface area contributed by atoms with Crippen LogP contribution in [0.25, 0.3) is 0 Å². The molecule has 0 aromatic rings. The standard InChI is InChI=1S/C11H21N3O2/c1-3-15-9-7-8(14-10(12)13-2)11(9)5-4-6-16-11/h8-9H,3-7H2,1-2H3,(H3,12,13,14). The number of nitrogens with zero attached hydrogens (tertiary/aromatic N) is 1. The Morgan fingerprint density at radius 3 is 3.06 bits per heavy atom. The van der Waals surface area contributed by atoms with E-state index in [0.717, 1.165) is 32.5 Å². The maximum absolute atomic E-state index is 5.90. The van der Waals surface area contributed by atoms with Crippen molar-refractivity contribution < 1.29 is 9.47 Å². The Bertz CT molecular complexity index is 274. The molecule has 92 valence electrons. The summed E-state index contributed by atoms with van der Waals surface area (Å²) in [6.45, 7) is 3.58. The maximum Gasteiger partial charge on any atom is 0.188 e. The topological polar surface area (TPSA) is 68.9 Å². The number of hydrogen-bond donors (Lipinski definition) is 2. The van der Waals surface area contributed by atoms with Crippen LogP contribution in [-0.4, -0.2) is 44.0 Å². The third kappa shape index (κ3) is 1.78. The molecule has 1 aliphatic heterocycles. The first kappa shape index (κ1) is 11.7. The van der Waals surface area contributed by atoms with Crippen LogP contribution in [0.15, 0.2) is 4.99 Å². The third-order valence-corrected chi connectivity index (χ3v) is 3.60. The minimum atomic E-state index is -0.161. The van der Waals surface area contributed by atoms with Gasteiger partial charge in [0.25, 0.3) is 0 Å². The van der Waals surface area contributed by atoms with Crippen molar-refractivity contribution in [1.82, 2.24) is 5.32 Å². The molecule has 0 aromatic heterocycles. The van der Waals surface area contributed by atoms with E-state index >= 15 is 0 Å². The third-order valence-electron chi connectivity index (χ3n) is 3.60. The second kappa shape index (κ2) is 4.59. The Hall–Kier alpha value is -0.810.